The van der Waals surface area contributed by atoms with Crippen molar-refractivity contribution in [3.05, 3.63) is 0 Å². The minimum Gasteiger partial charge on any atom is -0.354 e. The summed E-state index contributed by atoms with van der Waals surface area (Å²) in [4.78, 5) is 15.1. The van der Waals surface area contributed by atoms with E-state index in [1.807, 2.05) is 0 Å². The van der Waals surface area contributed by atoms with E-state index >= 15 is 0 Å². The molecule has 20 heavy (non-hydrogen) atoms. The molecule has 0 aromatic heterocycles. The molecule has 2 fully saturated rings. The number of rotatable bonds is 6. The molecule has 0 spiro atoms. The third kappa shape index (κ3) is 4.19. The average molecular weight is 281 g/mol. The number of hydrogen-bond acceptors (Lipinski definition) is 3. The molecule has 2 aliphatic heterocycles. The summed E-state index contributed by atoms with van der Waals surface area (Å²) in [5.74, 6) is 0.281. The molecular weight excluding hydrogens is 250 g/mol. The monoisotopic (exact) mass is 281 g/mol. The smallest absolute Gasteiger partial charge is 0.227 e. The third-order valence-corrected chi connectivity index (χ3v) is 4.84. The number of piperidine rings is 2. The first-order valence-electron chi connectivity index (χ1n) is 8.48. The van der Waals surface area contributed by atoms with E-state index in [2.05, 4.69) is 22.5 Å². The largest absolute Gasteiger partial charge is 0.354 e. The lowest BCUT2D eigenvalue weighted by molar-refractivity contribution is -0.132. The van der Waals surface area contributed by atoms with Crippen LogP contribution in [0.4, 0.5) is 0 Å². The van der Waals surface area contributed by atoms with Gasteiger partial charge in [0.25, 0.3) is 0 Å². The van der Waals surface area contributed by atoms with E-state index in [1.54, 1.807) is 0 Å². The minimum absolute atomic E-state index is 0.144. The van der Waals surface area contributed by atoms with E-state index < -0.39 is 0 Å². The van der Waals surface area contributed by atoms with Gasteiger partial charge in [-0.2, -0.15) is 0 Å². The van der Waals surface area contributed by atoms with Gasteiger partial charge in [-0.25, -0.2) is 0 Å². The molecule has 0 bridgehead atoms. The van der Waals surface area contributed by atoms with Crippen molar-refractivity contribution in [3.63, 3.8) is 0 Å². The summed E-state index contributed by atoms with van der Waals surface area (Å²) in [7, 11) is 0. The fourth-order valence-corrected chi connectivity index (χ4v) is 3.67. The second kappa shape index (κ2) is 7.99. The van der Waals surface area contributed by atoms with Crippen molar-refractivity contribution in [2.45, 2.75) is 51.9 Å². The van der Waals surface area contributed by atoms with Crippen molar-refractivity contribution in [1.82, 2.24) is 15.5 Å². The quantitative estimate of drug-likeness (QED) is 0.780. The number of hydrogen-bond donors (Lipinski definition) is 2. The number of likely N-dealkylation sites (tertiary alicyclic amines) is 1. The number of amides is 1. The maximum absolute atomic E-state index is 12.6. The molecule has 2 N–H and O–H groups in total. The van der Waals surface area contributed by atoms with Crippen LogP contribution in [0.5, 0.6) is 0 Å². The van der Waals surface area contributed by atoms with Gasteiger partial charge in [0.05, 0.1) is 5.41 Å². The first-order chi connectivity index (χ1) is 9.77. The third-order valence-electron chi connectivity index (χ3n) is 4.84. The molecule has 0 aromatic carbocycles. The lowest BCUT2D eigenvalue weighted by Gasteiger charge is -2.36. The highest BCUT2D eigenvalue weighted by Crippen LogP contribution is 2.31. The topological polar surface area (TPSA) is 44.4 Å². The Kier molecular flexibility index (Phi) is 6.30. The summed E-state index contributed by atoms with van der Waals surface area (Å²) in [6.45, 7) is 8.33. The Morgan fingerprint density at radius 2 is 2.05 bits per heavy atom. The van der Waals surface area contributed by atoms with Gasteiger partial charge in [-0.05, 0) is 51.7 Å². The summed E-state index contributed by atoms with van der Waals surface area (Å²) in [5.41, 5.74) is -0.144. The van der Waals surface area contributed by atoms with Gasteiger partial charge in [0.2, 0.25) is 5.91 Å². The Morgan fingerprint density at radius 3 is 2.70 bits per heavy atom. The van der Waals surface area contributed by atoms with Gasteiger partial charge in [0, 0.05) is 19.6 Å². The van der Waals surface area contributed by atoms with Crippen molar-refractivity contribution in [3.8, 4) is 0 Å². The standard InChI is InChI=1S/C16H31N3O/c1-2-7-16(8-6-9-17-14-16)15(20)18-10-13-19-11-4-3-5-12-19/h17H,2-14H2,1H3,(H,18,20). The average Bonchev–Trinajstić information content (AvgIpc) is 2.49. The van der Waals surface area contributed by atoms with Crippen LogP contribution in [0.25, 0.3) is 0 Å². The molecule has 0 saturated carbocycles. The van der Waals surface area contributed by atoms with E-state index in [9.17, 15) is 4.79 Å². The van der Waals surface area contributed by atoms with Crippen LogP contribution in [-0.4, -0.2) is 50.1 Å². The fourth-order valence-electron chi connectivity index (χ4n) is 3.67. The molecule has 4 heteroatoms. The molecule has 4 nitrogen and oxygen atoms in total. The maximum atomic E-state index is 12.6. The Morgan fingerprint density at radius 1 is 1.25 bits per heavy atom. The van der Waals surface area contributed by atoms with E-state index in [0.29, 0.717) is 0 Å². The van der Waals surface area contributed by atoms with Gasteiger partial charge in [0.1, 0.15) is 0 Å². The molecule has 0 aliphatic carbocycles. The van der Waals surface area contributed by atoms with Crippen LogP contribution in [0.1, 0.15) is 51.9 Å². The normalized spacial score (nSPS) is 28.2. The van der Waals surface area contributed by atoms with Crippen LogP contribution in [-0.2, 0) is 4.79 Å². The number of carbonyl (C=O) groups excluding carboxylic acids is 1. The van der Waals surface area contributed by atoms with Crippen molar-refractivity contribution in [1.29, 1.82) is 0 Å². The van der Waals surface area contributed by atoms with E-state index in [4.69, 9.17) is 0 Å². The fraction of sp³-hybridized carbons (Fsp3) is 0.938. The van der Waals surface area contributed by atoms with Crippen LogP contribution >= 0.6 is 0 Å². The van der Waals surface area contributed by atoms with Gasteiger partial charge in [-0.15, -0.1) is 0 Å². The zero-order chi connectivity index (χ0) is 14.3. The predicted octanol–water partition coefficient (Wildman–Crippen LogP) is 1.76. The van der Waals surface area contributed by atoms with Crippen molar-refractivity contribution < 1.29 is 4.79 Å². The van der Waals surface area contributed by atoms with Crippen LogP contribution in [0.2, 0.25) is 0 Å². The number of carbonyl (C=O) groups is 1. The SMILES string of the molecule is CCCC1(C(=O)NCCN2CCCCC2)CCCNC1. The second-order valence-corrected chi connectivity index (χ2v) is 6.47. The molecule has 2 rings (SSSR count). The van der Waals surface area contributed by atoms with Crippen molar-refractivity contribution >= 4 is 5.91 Å². The first kappa shape index (κ1) is 15.8. The summed E-state index contributed by atoms with van der Waals surface area (Å²) < 4.78 is 0. The number of nitrogens with zero attached hydrogens (tertiary/aromatic N) is 1. The first-order valence-corrected chi connectivity index (χ1v) is 8.48. The van der Waals surface area contributed by atoms with Gasteiger partial charge in [-0.3, -0.25) is 4.79 Å². The second-order valence-electron chi connectivity index (χ2n) is 6.47. The molecule has 0 aromatic rings. The molecular formula is C16H31N3O. The minimum atomic E-state index is -0.144. The van der Waals surface area contributed by atoms with Gasteiger partial charge < -0.3 is 15.5 Å². The molecule has 0 radical (unpaired) electrons. The maximum Gasteiger partial charge on any atom is 0.227 e. The van der Waals surface area contributed by atoms with E-state index in [-0.39, 0.29) is 11.3 Å². The Bertz CT molecular complexity index is 289. The van der Waals surface area contributed by atoms with Gasteiger partial charge >= 0.3 is 0 Å². The summed E-state index contributed by atoms with van der Waals surface area (Å²) >= 11 is 0. The van der Waals surface area contributed by atoms with Crippen molar-refractivity contribution in [2.24, 2.45) is 5.41 Å². The molecule has 2 heterocycles. The summed E-state index contributed by atoms with van der Waals surface area (Å²) in [6, 6.07) is 0. The molecule has 1 atom stereocenters. The Labute approximate surface area is 123 Å². The number of nitrogens with one attached hydrogen (secondary N) is 2. The Hall–Kier alpha value is -0.610. The highest BCUT2D eigenvalue weighted by Gasteiger charge is 2.38. The van der Waals surface area contributed by atoms with Gasteiger partial charge in [0.15, 0.2) is 0 Å². The molecule has 116 valence electrons. The van der Waals surface area contributed by atoms with E-state index in [1.165, 1.54) is 32.4 Å². The van der Waals surface area contributed by atoms with Crippen LogP contribution in [0.3, 0.4) is 0 Å². The molecule has 1 amide bonds. The molecule has 1 unspecified atom stereocenters. The lowest BCUT2D eigenvalue weighted by atomic mass is 9.76. The summed E-state index contributed by atoms with van der Waals surface area (Å²) in [5, 5.41) is 6.61. The highest BCUT2D eigenvalue weighted by atomic mass is 16.2. The zero-order valence-corrected chi connectivity index (χ0v) is 13.0. The highest BCUT2D eigenvalue weighted by molar-refractivity contribution is 5.83. The van der Waals surface area contributed by atoms with Crippen LogP contribution < -0.4 is 10.6 Å². The lowest BCUT2D eigenvalue weighted by Crippen LogP contribution is -2.51. The molecule has 2 saturated heterocycles. The van der Waals surface area contributed by atoms with Crippen LogP contribution in [0, 0.1) is 5.41 Å². The zero-order valence-electron chi connectivity index (χ0n) is 13.0. The predicted molar refractivity (Wildman–Crippen MR) is 82.7 cm³/mol. The Balaban J connectivity index is 1.76. The van der Waals surface area contributed by atoms with E-state index in [0.717, 1.165) is 51.9 Å². The van der Waals surface area contributed by atoms with Crippen LogP contribution in [0.15, 0.2) is 0 Å². The van der Waals surface area contributed by atoms with Crippen molar-refractivity contribution in [2.75, 3.05) is 39.3 Å². The molecule has 2 aliphatic rings. The summed E-state index contributed by atoms with van der Waals surface area (Å²) in [6.07, 6.45) is 8.27. The van der Waals surface area contributed by atoms with Gasteiger partial charge in [-0.1, -0.05) is 19.8 Å².